The molecular formula is C20H24N4O4S. The zero-order chi connectivity index (χ0) is 21.0. The second kappa shape index (κ2) is 9.15. The largest absolute Gasteiger partial charge is 0.465 e. The number of aryl methyl sites for hydroxylation is 2. The molecule has 1 amide bonds. The van der Waals surface area contributed by atoms with Gasteiger partial charge in [0.15, 0.2) is 4.80 Å². The van der Waals surface area contributed by atoms with Crippen LogP contribution in [0.1, 0.15) is 28.7 Å². The van der Waals surface area contributed by atoms with Crippen molar-refractivity contribution < 1.29 is 19.1 Å². The Bertz CT molecular complexity index is 1110. The average molecular weight is 417 g/mol. The lowest BCUT2D eigenvalue weighted by Crippen LogP contribution is -2.21. The number of amides is 1. The molecule has 1 aromatic carbocycles. The van der Waals surface area contributed by atoms with Crippen LogP contribution in [0.15, 0.2) is 29.3 Å². The lowest BCUT2D eigenvalue weighted by Gasteiger charge is -2.06. The Morgan fingerprint density at radius 2 is 2.03 bits per heavy atom. The molecule has 0 saturated heterocycles. The van der Waals surface area contributed by atoms with E-state index in [9.17, 15) is 9.59 Å². The molecule has 3 aromatic rings. The first-order valence-corrected chi connectivity index (χ1v) is 10.1. The van der Waals surface area contributed by atoms with E-state index in [4.69, 9.17) is 9.47 Å². The van der Waals surface area contributed by atoms with Gasteiger partial charge in [-0.1, -0.05) is 11.3 Å². The molecule has 0 aliphatic carbocycles. The molecule has 0 bridgehead atoms. The standard InChI is InChI=1S/C20H24N4O4S/c1-5-28-9-8-23-16-7-6-15(19(26)27-4)11-17(16)29-20(23)21-18(25)12-24-14(3)10-13(2)22-24/h6-7,10-11H,5,8-9,12H2,1-4H3. The van der Waals surface area contributed by atoms with Gasteiger partial charge in [0.2, 0.25) is 0 Å². The Morgan fingerprint density at radius 3 is 2.69 bits per heavy atom. The lowest BCUT2D eigenvalue weighted by atomic mass is 10.2. The van der Waals surface area contributed by atoms with E-state index in [1.165, 1.54) is 18.4 Å². The molecule has 0 saturated carbocycles. The maximum Gasteiger partial charge on any atom is 0.337 e. The highest BCUT2D eigenvalue weighted by Gasteiger charge is 2.13. The Balaban J connectivity index is 1.99. The van der Waals surface area contributed by atoms with Crippen molar-refractivity contribution in [2.45, 2.75) is 33.9 Å². The van der Waals surface area contributed by atoms with Crippen LogP contribution in [-0.4, -0.2) is 46.5 Å². The van der Waals surface area contributed by atoms with Gasteiger partial charge in [0.05, 0.1) is 35.2 Å². The van der Waals surface area contributed by atoms with E-state index in [1.807, 2.05) is 37.5 Å². The minimum atomic E-state index is -0.403. The Hall–Kier alpha value is -2.78. The number of carbonyl (C=O) groups is 2. The van der Waals surface area contributed by atoms with Crippen LogP contribution in [0.3, 0.4) is 0 Å². The first kappa shape index (κ1) is 20.9. The van der Waals surface area contributed by atoms with Crippen LogP contribution in [-0.2, 0) is 27.4 Å². The number of benzene rings is 1. The van der Waals surface area contributed by atoms with Crippen molar-refractivity contribution in [1.29, 1.82) is 0 Å². The van der Waals surface area contributed by atoms with Crippen LogP contribution in [0.4, 0.5) is 0 Å². The molecular weight excluding hydrogens is 392 g/mol. The molecule has 8 nitrogen and oxygen atoms in total. The Morgan fingerprint density at radius 1 is 1.24 bits per heavy atom. The number of carbonyl (C=O) groups excluding carboxylic acids is 2. The molecule has 0 unspecified atom stereocenters. The monoisotopic (exact) mass is 416 g/mol. The van der Waals surface area contributed by atoms with Gasteiger partial charge in [-0.25, -0.2) is 4.79 Å². The molecule has 3 rings (SSSR count). The molecule has 2 aromatic heterocycles. The number of hydrogen-bond acceptors (Lipinski definition) is 6. The smallest absolute Gasteiger partial charge is 0.337 e. The molecule has 0 atom stereocenters. The number of aromatic nitrogens is 3. The molecule has 0 spiro atoms. The predicted octanol–water partition coefficient (Wildman–Crippen LogP) is 2.47. The highest BCUT2D eigenvalue weighted by atomic mass is 32.1. The number of methoxy groups -OCH3 is 1. The van der Waals surface area contributed by atoms with Crippen molar-refractivity contribution in [3.8, 4) is 0 Å². The molecule has 29 heavy (non-hydrogen) atoms. The van der Waals surface area contributed by atoms with Gasteiger partial charge in [-0.3, -0.25) is 9.48 Å². The molecule has 0 aliphatic rings. The van der Waals surface area contributed by atoms with Gasteiger partial charge in [-0.2, -0.15) is 10.1 Å². The van der Waals surface area contributed by atoms with Crippen LogP contribution in [0.25, 0.3) is 10.2 Å². The fourth-order valence-electron chi connectivity index (χ4n) is 3.02. The minimum absolute atomic E-state index is 0.0762. The summed E-state index contributed by atoms with van der Waals surface area (Å²) in [6.07, 6.45) is 0. The van der Waals surface area contributed by atoms with Gasteiger partial charge < -0.3 is 14.0 Å². The molecule has 0 N–H and O–H groups in total. The van der Waals surface area contributed by atoms with Crippen molar-refractivity contribution in [3.63, 3.8) is 0 Å². The van der Waals surface area contributed by atoms with E-state index in [0.29, 0.717) is 30.1 Å². The molecule has 2 heterocycles. The normalized spacial score (nSPS) is 11.9. The second-order valence-corrected chi connectivity index (χ2v) is 7.51. The average Bonchev–Trinajstić information content (AvgIpc) is 3.19. The van der Waals surface area contributed by atoms with Crippen molar-refractivity contribution >= 4 is 33.4 Å². The number of ether oxygens (including phenoxy) is 2. The van der Waals surface area contributed by atoms with Gasteiger partial charge >= 0.3 is 5.97 Å². The highest BCUT2D eigenvalue weighted by Crippen LogP contribution is 2.20. The Labute approximate surface area is 172 Å². The van der Waals surface area contributed by atoms with E-state index >= 15 is 0 Å². The third-order valence-corrected chi connectivity index (χ3v) is 5.42. The van der Waals surface area contributed by atoms with E-state index in [2.05, 4.69) is 10.1 Å². The van der Waals surface area contributed by atoms with Gasteiger partial charge in [0.25, 0.3) is 5.91 Å². The third kappa shape index (κ3) is 4.80. The molecule has 0 radical (unpaired) electrons. The van der Waals surface area contributed by atoms with Gasteiger partial charge in [0.1, 0.15) is 6.54 Å². The first-order chi connectivity index (χ1) is 13.9. The van der Waals surface area contributed by atoms with E-state index in [1.54, 1.807) is 16.8 Å². The SMILES string of the molecule is CCOCCn1c(=NC(=O)Cn2nc(C)cc2C)sc2cc(C(=O)OC)ccc21. The van der Waals surface area contributed by atoms with Crippen LogP contribution >= 0.6 is 11.3 Å². The van der Waals surface area contributed by atoms with E-state index < -0.39 is 5.97 Å². The summed E-state index contributed by atoms with van der Waals surface area (Å²) >= 11 is 1.35. The van der Waals surface area contributed by atoms with Crippen molar-refractivity contribution in [3.05, 3.63) is 46.0 Å². The molecule has 9 heteroatoms. The number of fused-ring (bicyclic) bond motifs is 1. The topological polar surface area (TPSA) is 87.7 Å². The highest BCUT2D eigenvalue weighted by molar-refractivity contribution is 7.16. The fraction of sp³-hybridized carbons (Fsp3) is 0.400. The summed E-state index contributed by atoms with van der Waals surface area (Å²) < 4.78 is 14.7. The molecule has 0 fully saturated rings. The summed E-state index contributed by atoms with van der Waals surface area (Å²) in [5.74, 6) is -0.693. The number of nitrogens with zero attached hydrogens (tertiary/aromatic N) is 4. The quantitative estimate of drug-likeness (QED) is 0.436. The van der Waals surface area contributed by atoms with Crippen LogP contribution in [0, 0.1) is 13.8 Å². The van der Waals surface area contributed by atoms with Crippen LogP contribution in [0.5, 0.6) is 0 Å². The second-order valence-electron chi connectivity index (χ2n) is 6.50. The van der Waals surface area contributed by atoms with Gasteiger partial charge in [0, 0.05) is 18.8 Å². The van der Waals surface area contributed by atoms with Crippen molar-refractivity contribution in [2.75, 3.05) is 20.3 Å². The summed E-state index contributed by atoms with van der Waals surface area (Å²) in [6, 6.07) is 7.23. The summed E-state index contributed by atoms with van der Waals surface area (Å²) in [5, 5.41) is 4.32. The van der Waals surface area contributed by atoms with Crippen molar-refractivity contribution in [1.82, 2.24) is 14.3 Å². The summed E-state index contributed by atoms with van der Waals surface area (Å²) in [4.78, 5) is 29.3. The van der Waals surface area contributed by atoms with Crippen LogP contribution in [0.2, 0.25) is 0 Å². The maximum atomic E-state index is 12.6. The summed E-state index contributed by atoms with van der Waals surface area (Å²) in [7, 11) is 1.35. The first-order valence-electron chi connectivity index (χ1n) is 9.31. The molecule has 154 valence electrons. The van der Waals surface area contributed by atoms with Crippen molar-refractivity contribution in [2.24, 2.45) is 4.99 Å². The number of hydrogen-bond donors (Lipinski definition) is 0. The zero-order valence-corrected chi connectivity index (χ0v) is 17.8. The third-order valence-electron chi connectivity index (χ3n) is 4.38. The van der Waals surface area contributed by atoms with Gasteiger partial charge in [-0.15, -0.1) is 0 Å². The predicted molar refractivity (Wildman–Crippen MR) is 110 cm³/mol. The minimum Gasteiger partial charge on any atom is -0.465 e. The van der Waals surface area contributed by atoms with Gasteiger partial charge in [-0.05, 0) is 45.0 Å². The van der Waals surface area contributed by atoms with E-state index in [0.717, 1.165) is 21.6 Å². The number of esters is 1. The number of thiazole rings is 1. The summed E-state index contributed by atoms with van der Waals surface area (Å²) in [5.41, 5.74) is 3.12. The lowest BCUT2D eigenvalue weighted by molar-refractivity contribution is -0.118. The number of rotatable bonds is 7. The zero-order valence-electron chi connectivity index (χ0n) is 17.0. The van der Waals surface area contributed by atoms with E-state index in [-0.39, 0.29) is 12.5 Å². The summed E-state index contributed by atoms with van der Waals surface area (Å²) in [6.45, 7) is 7.46. The fourth-order valence-corrected chi connectivity index (χ4v) is 4.14. The Kier molecular flexibility index (Phi) is 6.60. The maximum absolute atomic E-state index is 12.6. The van der Waals surface area contributed by atoms with Crippen LogP contribution < -0.4 is 4.80 Å². The molecule has 0 aliphatic heterocycles.